The predicted molar refractivity (Wildman–Crippen MR) is 137 cm³/mol. The molecule has 7 nitrogen and oxygen atoms in total. The molecule has 2 amide bonds. The molecule has 34 heavy (non-hydrogen) atoms. The van der Waals surface area contributed by atoms with E-state index in [4.69, 9.17) is 4.74 Å². The first-order valence-electron chi connectivity index (χ1n) is 11.5. The number of amides is 2. The van der Waals surface area contributed by atoms with Crippen molar-refractivity contribution >= 4 is 23.1 Å². The summed E-state index contributed by atoms with van der Waals surface area (Å²) in [6.45, 7) is 5.64. The van der Waals surface area contributed by atoms with Crippen molar-refractivity contribution in [1.29, 1.82) is 0 Å². The molecule has 178 valence electrons. The number of ether oxygens (including phenoxy) is 1. The molecule has 3 aromatic carbocycles. The molecule has 7 heteroatoms. The van der Waals surface area contributed by atoms with Gasteiger partial charge in [0.25, 0.3) is 0 Å². The summed E-state index contributed by atoms with van der Waals surface area (Å²) < 4.78 is 5.83. The topological polar surface area (TPSA) is 77.1 Å². The van der Waals surface area contributed by atoms with Crippen LogP contribution in [0.15, 0.2) is 72.8 Å². The fraction of sp³-hybridized carbons (Fsp3) is 0.296. The van der Waals surface area contributed by atoms with Crippen molar-refractivity contribution in [3.8, 4) is 11.5 Å². The molecule has 2 unspecified atom stereocenters. The molecule has 0 aliphatic carbocycles. The molecule has 0 saturated carbocycles. The maximum absolute atomic E-state index is 12.4. The summed E-state index contributed by atoms with van der Waals surface area (Å²) in [4.78, 5) is 16.7. The number of aryl methyl sites for hydroxylation is 1. The van der Waals surface area contributed by atoms with E-state index in [2.05, 4.69) is 15.5 Å². The third-order valence-electron chi connectivity index (χ3n) is 6.19. The van der Waals surface area contributed by atoms with E-state index in [0.29, 0.717) is 17.5 Å². The Morgan fingerprint density at radius 3 is 2.06 bits per heavy atom. The first-order valence-corrected chi connectivity index (χ1v) is 11.5. The lowest BCUT2D eigenvalue weighted by atomic mass is 10.2. The first kappa shape index (κ1) is 23.6. The quantitative estimate of drug-likeness (QED) is 0.418. The highest BCUT2D eigenvalue weighted by Crippen LogP contribution is 2.26. The van der Waals surface area contributed by atoms with Gasteiger partial charge in [-0.15, -0.1) is 0 Å². The highest BCUT2D eigenvalue weighted by Gasteiger charge is 2.27. The van der Waals surface area contributed by atoms with Crippen LogP contribution in [0.25, 0.3) is 0 Å². The number of hydrogen-bond donors (Lipinski definition) is 3. The molecule has 0 aromatic heterocycles. The number of carbonyl (C=O) groups excluding carboxylic acids is 1. The number of nitrogens with zero attached hydrogens (tertiary/aromatic N) is 2. The van der Waals surface area contributed by atoms with E-state index in [1.807, 2.05) is 79.5 Å². The lowest BCUT2D eigenvalue weighted by molar-refractivity contribution is 0.0142. The minimum absolute atomic E-state index is 0.306. The summed E-state index contributed by atoms with van der Waals surface area (Å²) in [5.74, 6) is 1.47. The Hall–Kier alpha value is -3.55. The Bertz CT molecular complexity index is 1080. The van der Waals surface area contributed by atoms with E-state index in [0.717, 1.165) is 36.6 Å². The van der Waals surface area contributed by atoms with Crippen molar-refractivity contribution in [2.24, 2.45) is 0 Å². The van der Waals surface area contributed by atoms with Gasteiger partial charge in [-0.05, 0) is 88.0 Å². The average Bonchev–Trinajstić information content (AvgIpc) is 3.32. The van der Waals surface area contributed by atoms with Gasteiger partial charge in [0.15, 0.2) is 0 Å². The number of aliphatic hydroxyl groups excluding tert-OH is 1. The van der Waals surface area contributed by atoms with Gasteiger partial charge in [-0.3, -0.25) is 4.90 Å². The van der Waals surface area contributed by atoms with Crippen molar-refractivity contribution in [2.45, 2.75) is 32.5 Å². The number of rotatable bonds is 7. The van der Waals surface area contributed by atoms with Crippen LogP contribution in [0.5, 0.6) is 11.5 Å². The van der Waals surface area contributed by atoms with E-state index in [1.54, 1.807) is 19.1 Å². The summed E-state index contributed by atoms with van der Waals surface area (Å²) in [5, 5.41) is 15.5. The summed E-state index contributed by atoms with van der Waals surface area (Å²) in [6, 6.07) is 23.0. The van der Waals surface area contributed by atoms with Gasteiger partial charge < -0.3 is 25.4 Å². The molecule has 1 aliphatic heterocycles. The van der Waals surface area contributed by atoms with E-state index in [1.165, 1.54) is 5.56 Å². The van der Waals surface area contributed by atoms with Crippen LogP contribution in [0, 0.1) is 6.92 Å². The van der Waals surface area contributed by atoms with Crippen LogP contribution in [0.2, 0.25) is 0 Å². The van der Waals surface area contributed by atoms with Gasteiger partial charge in [-0.1, -0.05) is 17.7 Å². The number of hydrogen-bond acceptors (Lipinski definition) is 5. The Morgan fingerprint density at radius 2 is 1.50 bits per heavy atom. The molecule has 1 heterocycles. The Balaban J connectivity index is 1.27. The molecule has 2 atom stereocenters. The molecular formula is C27H32N4O3. The van der Waals surface area contributed by atoms with E-state index < -0.39 is 6.23 Å². The third kappa shape index (κ3) is 6.07. The SMILES string of the molecule is Cc1ccc(Oc2ccc(NC(=O)Nc3ccc(N4CCC(N(C)C(C)O)C4)cc3)cc2)cc1. The molecular weight excluding hydrogens is 428 g/mol. The predicted octanol–water partition coefficient (Wildman–Crippen LogP) is 5.28. The van der Waals surface area contributed by atoms with Crippen molar-refractivity contribution in [1.82, 2.24) is 4.90 Å². The van der Waals surface area contributed by atoms with Crippen molar-refractivity contribution in [3.05, 3.63) is 78.4 Å². The Kier molecular flexibility index (Phi) is 7.35. The van der Waals surface area contributed by atoms with Crippen molar-refractivity contribution in [2.75, 3.05) is 35.7 Å². The van der Waals surface area contributed by atoms with Crippen LogP contribution >= 0.6 is 0 Å². The molecule has 3 N–H and O–H groups in total. The van der Waals surface area contributed by atoms with E-state index in [9.17, 15) is 9.90 Å². The van der Waals surface area contributed by atoms with Crippen LogP contribution in [-0.2, 0) is 0 Å². The number of carbonyl (C=O) groups is 1. The lowest BCUT2D eigenvalue weighted by Gasteiger charge is -2.27. The second-order valence-corrected chi connectivity index (χ2v) is 8.75. The van der Waals surface area contributed by atoms with Gasteiger partial charge in [0.2, 0.25) is 0 Å². The van der Waals surface area contributed by atoms with Crippen molar-refractivity contribution in [3.63, 3.8) is 0 Å². The molecule has 0 bridgehead atoms. The second-order valence-electron chi connectivity index (χ2n) is 8.75. The van der Waals surface area contributed by atoms with Crippen LogP contribution in [0.1, 0.15) is 18.9 Å². The number of anilines is 3. The van der Waals surface area contributed by atoms with Crippen LogP contribution in [-0.4, -0.2) is 48.4 Å². The van der Waals surface area contributed by atoms with Crippen LogP contribution in [0.3, 0.4) is 0 Å². The summed E-state index contributed by atoms with van der Waals surface area (Å²) in [5.41, 5.74) is 3.68. The number of urea groups is 1. The molecule has 3 aromatic rings. The van der Waals surface area contributed by atoms with E-state index in [-0.39, 0.29) is 6.03 Å². The zero-order valence-electron chi connectivity index (χ0n) is 19.9. The minimum atomic E-state index is -0.452. The van der Waals surface area contributed by atoms with E-state index >= 15 is 0 Å². The normalized spacial score (nSPS) is 16.4. The second kappa shape index (κ2) is 10.6. The smallest absolute Gasteiger partial charge is 0.323 e. The Labute approximate surface area is 201 Å². The van der Waals surface area contributed by atoms with Crippen molar-refractivity contribution < 1.29 is 14.6 Å². The highest BCUT2D eigenvalue weighted by atomic mass is 16.5. The molecule has 0 spiro atoms. The lowest BCUT2D eigenvalue weighted by Crippen LogP contribution is -2.40. The molecule has 1 fully saturated rings. The molecule has 1 aliphatic rings. The average molecular weight is 461 g/mol. The van der Waals surface area contributed by atoms with Gasteiger partial charge in [0.1, 0.15) is 17.7 Å². The van der Waals surface area contributed by atoms with Gasteiger partial charge in [0, 0.05) is 36.2 Å². The minimum Gasteiger partial charge on any atom is -0.457 e. The largest absolute Gasteiger partial charge is 0.457 e. The third-order valence-corrected chi connectivity index (χ3v) is 6.19. The molecule has 1 saturated heterocycles. The number of benzene rings is 3. The fourth-order valence-electron chi connectivity index (χ4n) is 4.01. The van der Waals surface area contributed by atoms with Gasteiger partial charge >= 0.3 is 6.03 Å². The van der Waals surface area contributed by atoms with Crippen LogP contribution in [0.4, 0.5) is 21.9 Å². The summed E-state index contributed by atoms with van der Waals surface area (Å²) in [7, 11) is 1.95. The van der Waals surface area contributed by atoms with Gasteiger partial charge in [-0.2, -0.15) is 0 Å². The molecule has 0 radical (unpaired) electrons. The maximum Gasteiger partial charge on any atom is 0.323 e. The fourth-order valence-corrected chi connectivity index (χ4v) is 4.01. The monoisotopic (exact) mass is 460 g/mol. The van der Waals surface area contributed by atoms with Gasteiger partial charge in [-0.25, -0.2) is 4.79 Å². The maximum atomic E-state index is 12.4. The van der Waals surface area contributed by atoms with Crippen LogP contribution < -0.4 is 20.3 Å². The zero-order chi connectivity index (χ0) is 24.1. The number of nitrogens with one attached hydrogen (secondary N) is 2. The first-order chi connectivity index (χ1) is 16.4. The molecule has 4 rings (SSSR count). The highest BCUT2D eigenvalue weighted by molar-refractivity contribution is 5.99. The summed E-state index contributed by atoms with van der Waals surface area (Å²) in [6.07, 6.45) is 0.561. The number of likely N-dealkylation sites (N-methyl/N-ethyl adjacent to an activating group) is 1. The number of aliphatic hydroxyl groups is 1. The zero-order valence-corrected chi connectivity index (χ0v) is 19.9. The van der Waals surface area contributed by atoms with Gasteiger partial charge in [0.05, 0.1) is 0 Å². The summed E-state index contributed by atoms with van der Waals surface area (Å²) >= 11 is 0. The Morgan fingerprint density at radius 1 is 0.971 bits per heavy atom. The standard InChI is InChI=1S/C27H32N4O3/c1-19-4-12-25(13-5-19)34-26-14-8-22(9-15-26)29-27(33)28-21-6-10-23(11-7-21)31-17-16-24(18-31)30(3)20(2)32/h4-15,20,24,32H,16-18H2,1-3H3,(H2,28,29,33).